The van der Waals surface area contributed by atoms with E-state index < -0.39 is 20.7 Å². The number of unbranched alkanes of at least 4 members (excludes halogenated alkanes) is 2. The van der Waals surface area contributed by atoms with E-state index in [9.17, 15) is 13.2 Å². The molecule has 0 amide bonds. The highest BCUT2D eigenvalue weighted by atomic mass is 32.2. The summed E-state index contributed by atoms with van der Waals surface area (Å²) in [6.07, 6.45) is 9.08. The molecule has 0 aliphatic carbocycles. The van der Waals surface area contributed by atoms with Crippen LogP contribution in [0, 0.1) is 13.8 Å². The predicted octanol–water partition coefficient (Wildman–Crippen LogP) is 7.14. The van der Waals surface area contributed by atoms with Crippen molar-refractivity contribution in [1.29, 1.82) is 0 Å². The maximum absolute atomic E-state index is 13.9. The van der Waals surface area contributed by atoms with Gasteiger partial charge in [-0.15, -0.1) is 0 Å². The average molecular weight is 520 g/mol. The van der Waals surface area contributed by atoms with E-state index in [4.69, 9.17) is 4.74 Å². The van der Waals surface area contributed by atoms with Crippen LogP contribution in [0.4, 0.5) is 0 Å². The Morgan fingerprint density at radius 2 is 1.59 bits per heavy atom. The van der Waals surface area contributed by atoms with Crippen molar-refractivity contribution in [3.05, 3.63) is 95.0 Å². The molecule has 0 unspecified atom stereocenters. The summed E-state index contributed by atoms with van der Waals surface area (Å²) in [5.41, 5.74) is 1.79. The number of fused-ring (bicyclic) bond motifs is 1. The van der Waals surface area contributed by atoms with E-state index in [-0.39, 0.29) is 4.90 Å². The van der Waals surface area contributed by atoms with Gasteiger partial charge in [-0.3, -0.25) is 0 Å². The van der Waals surface area contributed by atoms with Crippen LogP contribution >= 0.6 is 0 Å². The summed E-state index contributed by atoms with van der Waals surface area (Å²) in [5.74, 6) is -0.565. The second-order valence-electron chi connectivity index (χ2n) is 9.25. The van der Waals surface area contributed by atoms with Gasteiger partial charge in [-0.25, -0.2) is 13.2 Å². The van der Waals surface area contributed by atoms with E-state index >= 15 is 0 Å². The first-order valence-electron chi connectivity index (χ1n) is 12.9. The lowest BCUT2D eigenvalue weighted by Gasteiger charge is -2.19. The molecule has 37 heavy (non-hydrogen) atoms. The molecule has 3 rings (SSSR count). The summed E-state index contributed by atoms with van der Waals surface area (Å²) in [6.45, 7) is 9.80. The maximum Gasteiger partial charge on any atom is 0.355 e. The van der Waals surface area contributed by atoms with E-state index in [2.05, 4.69) is 18.7 Å². The number of rotatable bonds is 12. The number of carbonyl (C=O) groups excluding carboxylic acids is 1. The van der Waals surface area contributed by atoms with Gasteiger partial charge in [-0.2, -0.15) is 0 Å². The molecule has 5 nitrogen and oxygen atoms in total. The zero-order valence-electron chi connectivity index (χ0n) is 22.2. The number of nitrogens with zero attached hydrogens (tertiary/aromatic N) is 1. The Morgan fingerprint density at radius 1 is 0.919 bits per heavy atom. The van der Waals surface area contributed by atoms with E-state index in [1.807, 2.05) is 50.4 Å². The molecule has 0 bridgehead atoms. The summed E-state index contributed by atoms with van der Waals surface area (Å²) >= 11 is 0. The van der Waals surface area contributed by atoms with Crippen LogP contribution in [0.1, 0.15) is 50.7 Å². The quantitative estimate of drug-likeness (QED) is 0.110. The lowest BCUT2D eigenvalue weighted by molar-refractivity contribution is -0.129. The normalized spacial score (nSPS) is 12.3. The maximum atomic E-state index is 13.9. The fraction of sp³-hybridized carbons (Fsp3) is 0.323. The van der Waals surface area contributed by atoms with Crippen LogP contribution in [0.3, 0.4) is 0 Å². The summed E-state index contributed by atoms with van der Waals surface area (Å²) in [4.78, 5) is 15.3. The van der Waals surface area contributed by atoms with E-state index in [1.165, 1.54) is 12.1 Å². The molecule has 0 heterocycles. The van der Waals surface area contributed by atoms with Crippen LogP contribution in [-0.2, 0) is 14.6 Å². The van der Waals surface area contributed by atoms with Crippen LogP contribution in [-0.4, -0.2) is 32.4 Å². The number of aryl methyl sites for hydroxylation is 2. The van der Waals surface area contributed by atoms with Crippen LogP contribution < -0.4 is 4.74 Å². The van der Waals surface area contributed by atoms with Crippen LogP contribution in [0.15, 0.2) is 88.8 Å². The van der Waals surface area contributed by atoms with Crippen LogP contribution in [0.5, 0.6) is 5.75 Å². The number of ether oxygens (including phenoxy) is 1. The minimum absolute atomic E-state index is 0.0802. The third-order valence-corrected chi connectivity index (χ3v) is 8.02. The van der Waals surface area contributed by atoms with Crippen molar-refractivity contribution in [1.82, 2.24) is 4.90 Å². The smallest absolute Gasteiger partial charge is 0.355 e. The van der Waals surface area contributed by atoms with Crippen LogP contribution in [0.2, 0.25) is 0 Å². The molecule has 0 aliphatic heterocycles. The van der Waals surface area contributed by atoms with Gasteiger partial charge >= 0.3 is 5.97 Å². The van der Waals surface area contributed by atoms with Crippen molar-refractivity contribution in [2.45, 2.75) is 58.3 Å². The Bertz CT molecular complexity index is 1380. The third kappa shape index (κ3) is 7.32. The van der Waals surface area contributed by atoms with Gasteiger partial charge in [0.25, 0.3) is 0 Å². The van der Waals surface area contributed by atoms with Crippen molar-refractivity contribution >= 4 is 26.6 Å². The molecule has 6 heteroatoms. The van der Waals surface area contributed by atoms with Gasteiger partial charge in [-0.1, -0.05) is 80.8 Å². The van der Waals surface area contributed by atoms with Gasteiger partial charge < -0.3 is 9.64 Å². The number of sulfone groups is 1. The molecule has 3 aromatic rings. The summed E-state index contributed by atoms with van der Waals surface area (Å²) < 4.78 is 33.5. The molecular weight excluding hydrogens is 482 g/mol. The molecule has 0 N–H and O–H groups in total. The Morgan fingerprint density at radius 3 is 2.27 bits per heavy atom. The van der Waals surface area contributed by atoms with Crippen molar-refractivity contribution in [3.63, 3.8) is 0 Å². The Balaban J connectivity index is 2.05. The van der Waals surface area contributed by atoms with Crippen LogP contribution in [0.25, 0.3) is 10.8 Å². The number of esters is 1. The summed E-state index contributed by atoms with van der Waals surface area (Å²) in [7, 11) is -4.18. The van der Waals surface area contributed by atoms with Crippen molar-refractivity contribution in [3.8, 4) is 5.75 Å². The number of hydrogen-bond donors (Lipinski definition) is 0. The molecule has 3 aromatic carbocycles. The largest absolute Gasteiger partial charge is 0.422 e. The van der Waals surface area contributed by atoms with Gasteiger partial charge in [0, 0.05) is 18.5 Å². The minimum Gasteiger partial charge on any atom is -0.422 e. The Hall–Kier alpha value is -3.38. The second kappa shape index (κ2) is 13.2. The topological polar surface area (TPSA) is 63.7 Å². The zero-order chi connectivity index (χ0) is 26.8. The molecule has 0 saturated heterocycles. The van der Waals surface area contributed by atoms with Gasteiger partial charge in [0.15, 0.2) is 4.91 Å². The highest BCUT2D eigenvalue weighted by Crippen LogP contribution is 2.29. The molecule has 0 saturated carbocycles. The van der Waals surface area contributed by atoms with E-state index in [0.717, 1.165) is 55.3 Å². The van der Waals surface area contributed by atoms with Crippen molar-refractivity contribution in [2.75, 3.05) is 13.1 Å². The summed E-state index contributed by atoms with van der Waals surface area (Å²) in [6, 6.07) is 17.7. The number of carbonyl (C=O) groups is 1. The molecule has 196 valence electrons. The summed E-state index contributed by atoms with van der Waals surface area (Å²) in [5, 5.41) is 1.35. The predicted molar refractivity (Wildman–Crippen MR) is 151 cm³/mol. The molecule has 0 spiro atoms. The minimum atomic E-state index is -4.18. The number of benzene rings is 3. The van der Waals surface area contributed by atoms with Crippen molar-refractivity contribution < 1.29 is 17.9 Å². The fourth-order valence-electron chi connectivity index (χ4n) is 4.12. The monoisotopic (exact) mass is 519 g/mol. The lowest BCUT2D eigenvalue weighted by Crippen LogP contribution is -2.21. The van der Waals surface area contributed by atoms with Gasteiger partial charge in [0.2, 0.25) is 9.84 Å². The Kier molecular flexibility index (Phi) is 10.1. The highest BCUT2D eigenvalue weighted by molar-refractivity contribution is 7.96. The van der Waals surface area contributed by atoms with E-state index in [1.54, 1.807) is 30.3 Å². The second-order valence-corrected chi connectivity index (χ2v) is 11.1. The van der Waals surface area contributed by atoms with E-state index in [0.29, 0.717) is 11.1 Å². The standard InChI is InChI=1S/C31H37NO4S/c1-5-7-20-32(21-8-6-2)22-12-17-30(31(33)36-28-19-18-24(3)23-25(28)4)37(34,35)29-16-11-14-26-13-9-10-15-27(26)29/h9-19,22-23H,5-8,20-21H2,1-4H3/b22-12-,30-17-. The lowest BCUT2D eigenvalue weighted by atomic mass is 10.1. The molecule has 0 aromatic heterocycles. The SMILES string of the molecule is CCCCN(/C=C\C=C(\C(=O)Oc1ccc(C)cc1C)S(=O)(=O)c1cccc2ccccc12)CCCC. The van der Waals surface area contributed by atoms with Gasteiger partial charge in [0.1, 0.15) is 5.75 Å². The zero-order valence-corrected chi connectivity index (χ0v) is 23.1. The van der Waals surface area contributed by atoms with Gasteiger partial charge in [0.05, 0.1) is 4.90 Å². The number of hydrogen-bond acceptors (Lipinski definition) is 5. The fourth-order valence-corrected chi connectivity index (χ4v) is 5.60. The molecule has 0 aliphatic rings. The van der Waals surface area contributed by atoms with Crippen molar-refractivity contribution in [2.24, 2.45) is 0 Å². The highest BCUT2D eigenvalue weighted by Gasteiger charge is 2.30. The molecule has 0 atom stereocenters. The average Bonchev–Trinajstić information content (AvgIpc) is 2.88. The molecule has 0 radical (unpaired) electrons. The van der Waals surface area contributed by atoms with Gasteiger partial charge in [-0.05, 0) is 68.1 Å². The molecular formula is C31H37NO4S. The number of allylic oxidation sites excluding steroid dienone is 2. The first-order chi connectivity index (χ1) is 17.8. The first-order valence-corrected chi connectivity index (χ1v) is 14.4. The third-order valence-electron chi connectivity index (χ3n) is 6.21. The molecule has 0 fully saturated rings. The Labute approximate surface area is 221 Å². The first kappa shape index (κ1) is 28.2.